The monoisotopic (exact) mass is 241 g/mol. The molecule has 18 heavy (non-hydrogen) atoms. The molecule has 0 bridgehead atoms. The predicted octanol–water partition coefficient (Wildman–Crippen LogP) is 2.69. The molecule has 1 unspecified atom stereocenters. The van der Waals surface area contributed by atoms with Crippen LogP contribution < -0.4 is 5.32 Å². The number of aryl methyl sites for hydroxylation is 1. The Morgan fingerprint density at radius 1 is 1.28 bits per heavy atom. The van der Waals surface area contributed by atoms with Crippen LogP contribution in [-0.2, 0) is 12.6 Å². The van der Waals surface area contributed by atoms with Crippen LogP contribution in [0.2, 0.25) is 0 Å². The molecule has 2 aromatic rings. The van der Waals surface area contributed by atoms with Crippen molar-refractivity contribution in [3.05, 3.63) is 42.2 Å². The first-order valence-corrected chi connectivity index (χ1v) is 6.52. The van der Waals surface area contributed by atoms with E-state index in [2.05, 4.69) is 41.5 Å². The zero-order valence-electron chi connectivity index (χ0n) is 11.0. The SMILES string of the molecule is Cn1ccnc1-c1ccc(C2(C)CCCN2)cc1. The van der Waals surface area contributed by atoms with Crippen LogP contribution in [0.1, 0.15) is 25.3 Å². The summed E-state index contributed by atoms with van der Waals surface area (Å²) in [5.41, 5.74) is 2.70. The minimum absolute atomic E-state index is 0.153. The van der Waals surface area contributed by atoms with Crippen LogP contribution in [0.15, 0.2) is 36.7 Å². The molecule has 1 N–H and O–H groups in total. The van der Waals surface area contributed by atoms with Crippen molar-refractivity contribution >= 4 is 0 Å². The first kappa shape index (κ1) is 11.5. The van der Waals surface area contributed by atoms with Crippen molar-refractivity contribution in [3.63, 3.8) is 0 Å². The average Bonchev–Trinajstić information content (AvgIpc) is 2.99. The van der Waals surface area contributed by atoms with Gasteiger partial charge < -0.3 is 9.88 Å². The Kier molecular flexibility index (Phi) is 2.71. The molecule has 2 heterocycles. The molecular formula is C15H19N3. The van der Waals surface area contributed by atoms with Gasteiger partial charge in [0.1, 0.15) is 5.82 Å². The molecule has 0 radical (unpaired) electrons. The molecule has 1 aromatic heterocycles. The summed E-state index contributed by atoms with van der Waals surface area (Å²) < 4.78 is 2.05. The summed E-state index contributed by atoms with van der Waals surface area (Å²) in [5, 5.41) is 3.59. The van der Waals surface area contributed by atoms with Crippen LogP contribution in [0.25, 0.3) is 11.4 Å². The van der Waals surface area contributed by atoms with Crippen LogP contribution in [-0.4, -0.2) is 16.1 Å². The molecule has 3 rings (SSSR count). The maximum atomic E-state index is 4.38. The number of nitrogens with zero attached hydrogens (tertiary/aromatic N) is 2. The van der Waals surface area contributed by atoms with E-state index in [1.54, 1.807) is 0 Å². The van der Waals surface area contributed by atoms with Gasteiger partial charge in [-0.1, -0.05) is 24.3 Å². The van der Waals surface area contributed by atoms with E-state index in [9.17, 15) is 0 Å². The number of hydrogen-bond acceptors (Lipinski definition) is 2. The second kappa shape index (κ2) is 4.25. The Hall–Kier alpha value is -1.61. The van der Waals surface area contributed by atoms with Gasteiger partial charge in [0.25, 0.3) is 0 Å². The third-order valence-electron chi connectivity index (χ3n) is 3.97. The fraction of sp³-hybridized carbons (Fsp3) is 0.400. The van der Waals surface area contributed by atoms with Crippen molar-refractivity contribution in [3.8, 4) is 11.4 Å². The van der Waals surface area contributed by atoms with Crippen LogP contribution in [0, 0.1) is 0 Å². The molecule has 0 saturated carbocycles. The van der Waals surface area contributed by atoms with Crippen molar-refractivity contribution in [1.82, 2.24) is 14.9 Å². The molecule has 94 valence electrons. The second-order valence-corrected chi connectivity index (χ2v) is 5.30. The number of aromatic nitrogens is 2. The smallest absolute Gasteiger partial charge is 0.139 e. The molecule has 1 saturated heterocycles. The van der Waals surface area contributed by atoms with Crippen molar-refractivity contribution in [2.75, 3.05) is 6.54 Å². The lowest BCUT2D eigenvalue weighted by atomic mass is 9.90. The maximum absolute atomic E-state index is 4.38. The van der Waals surface area contributed by atoms with Gasteiger partial charge in [0.15, 0.2) is 0 Å². The fourth-order valence-corrected chi connectivity index (χ4v) is 2.77. The fourth-order valence-electron chi connectivity index (χ4n) is 2.77. The lowest BCUT2D eigenvalue weighted by Gasteiger charge is -2.25. The normalized spacial score (nSPS) is 23.4. The third-order valence-corrected chi connectivity index (χ3v) is 3.97. The number of rotatable bonds is 2. The van der Waals surface area contributed by atoms with E-state index >= 15 is 0 Å². The van der Waals surface area contributed by atoms with Crippen molar-refractivity contribution in [1.29, 1.82) is 0 Å². The Balaban J connectivity index is 1.92. The average molecular weight is 241 g/mol. The van der Waals surface area contributed by atoms with Gasteiger partial charge in [0.05, 0.1) is 0 Å². The molecule has 1 aliphatic rings. The van der Waals surface area contributed by atoms with Gasteiger partial charge in [0.2, 0.25) is 0 Å². The highest BCUT2D eigenvalue weighted by molar-refractivity contribution is 5.56. The largest absolute Gasteiger partial charge is 0.334 e. The standard InChI is InChI=1S/C15H19N3/c1-15(8-3-9-17-15)13-6-4-12(5-7-13)14-16-10-11-18(14)2/h4-7,10-11,17H,3,8-9H2,1-2H3. The molecule has 3 heteroatoms. The topological polar surface area (TPSA) is 29.9 Å². The number of benzene rings is 1. The van der Waals surface area contributed by atoms with Gasteiger partial charge in [-0.15, -0.1) is 0 Å². The quantitative estimate of drug-likeness (QED) is 0.876. The van der Waals surface area contributed by atoms with Crippen LogP contribution in [0.3, 0.4) is 0 Å². The van der Waals surface area contributed by atoms with E-state index in [4.69, 9.17) is 0 Å². The molecule has 1 aromatic carbocycles. The first-order valence-electron chi connectivity index (χ1n) is 6.52. The molecule has 0 aliphatic carbocycles. The van der Waals surface area contributed by atoms with Gasteiger partial charge in [-0.3, -0.25) is 0 Å². The number of hydrogen-bond donors (Lipinski definition) is 1. The molecular weight excluding hydrogens is 222 g/mol. The summed E-state index contributed by atoms with van der Waals surface area (Å²) in [4.78, 5) is 4.38. The van der Waals surface area contributed by atoms with E-state index in [1.165, 1.54) is 24.0 Å². The van der Waals surface area contributed by atoms with E-state index in [0.717, 1.165) is 12.4 Å². The van der Waals surface area contributed by atoms with Crippen LogP contribution >= 0.6 is 0 Å². The molecule has 3 nitrogen and oxygen atoms in total. The van der Waals surface area contributed by atoms with Gasteiger partial charge in [-0.05, 0) is 31.9 Å². The Morgan fingerprint density at radius 2 is 2.06 bits per heavy atom. The predicted molar refractivity (Wildman–Crippen MR) is 73.2 cm³/mol. The van der Waals surface area contributed by atoms with Crippen molar-refractivity contribution in [2.24, 2.45) is 7.05 Å². The summed E-state index contributed by atoms with van der Waals surface area (Å²) in [6.07, 6.45) is 6.29. The third kappa shape index (κ3) is 1.85. The van der Waals surface area contributed by atoms with Gasteiger partial charge in [0, 0.05) is 30.5 Å². The Morgan fingerprint density at radius 3 is 2.61 bits per heavy atom. The zero-order valence-corrected chi connectivity index (χ0v) is 11.0. The van der Waals surface area contributed by atoms with E-state index in [0.29, 0.717) is 0 Å². The van der Waals surface area contributed by atoms with Gasteiger partial charge in [-0.2, -0.15) is 0 Å². The lowest BCUT2D eigenvalue weighted by molar-refractivity contribution is 0.435. The minimum atomic E-state index is 0.153. The van der Waals surface area contributed by atoms with Gasteiger partial charge in [-0.25, -0.2) is 4.98 Å². The van der Waals surface area contributed by atoms with E-state index in [-0.39, 0.29) is 5.54 Å². The Bertz CT molecular complexity index is 533. The van der Waals surface area contributed by atoms with E-state index < -0.39 is 0 Å². The summed E-state index contributed by atoms with van der Waals surface area (Å²) in [6, 6.07) is 8.79. The molecule has 1 aliphatic heterocycles. The number of nitrogens with one attached hydrogen (secondary N) is 1. The zero-order chi connectivity index (χ0) is 12.6. The highest BCUT2D eigenvalue weighted by Crippen LogP contribution is 2.31. The van der Waals surface area contributed by atoms with E-state index in [1.807, 2.05) is 24.0 Å². The summed E-state index contributed by atoms with van der Waals surface area (Å²) >= 11 is 0. The molecule has 0 amide bonds. The van der Waals surface area contributed by atoms with Crippen molar-refractivity contribution in [2.45, 2.75) is 25.3 Å². The number of imidazole rings is 1. The van der Waals surface area contributed by atoms with Crippen LogP contribution in [0.5, 0.6) is 0 Å². The molecule has 1 atom stereocenters. The summed E-state index contributed by atoms with van der Waals surface area (Å²) in [5.74, 6) is 1.02. The maximum Gasteiger partial charge on any atom is 0.139 e. The molecule has 0 spiro atoms. The lowest BCUT2D eigenvalue weighted by Crippen LogP contribution is -2.32. The Labute approximate surface area is 108 Å². The molecule has 1 fully saturated rings. The highest BCUT2D eigenvalue weighted by Gasteiger charge is 2.29. The highest BCUT2D eigenvalue weighted by atomic mass is 15.0. The summed E-state index contributed by atoms with van der Waals surface area (Å²) in [6.45, 7) is 3.41. The minimum Gasteiger partial charge on any atom is -0.334 e. The van der Waals surface area contributed by atoms with Gasteiger partial charge >= 0.3 is 0 Å². The van der Waals surface area contributed by atoms with Crippen LogP contribution in [0.4, 0.5) is 0 Å². The summed E-state index contributed by atoms with van der Waals surface area (Å²) in [7, 11) is 2.02. The second-order valence-electron chi connectivity index (χ2n) is 5.30. The van der Waals surface area contributed by atoms with Crippen molar-refractivity contribution < 1.29 is 0 Å². The first-order chi connectivity index (χ1) is 8.69.